The van der Waals surface area contributed by atoms with E-state index in [1.54, 1.807) is 0 Å². The van der Waals surface area contributed by atoms with E-state index in [4.69, 9.17) is 0 Å². The van der Waals surface area contributed by atoms with Crippen LogP contribution in [0.3, 0.4) is 0 Å². The van der Waals surface area contributed by atoms with Crippen LogP contribution in [0.5, 0.6) is 0 Å². The van der Waals surface area contributed by atoms with Gasteiger partial charge in [0, 0.05) is 5.41 Å². The Morgan fingerprint density at radius 3 is 1.40 bits per heavy atom. The zero-order valence-corrected chi connectivity index (χ0v) is 33.6. The van der Waals surface area contributed by atoms with Gasteiger partial charge >= 0.3 is 0 Å². The predicted molar refractivity (Wildman–Crippen MR) is 252 cm³/mol. The summed E-state index contributed by atoms with van der Waals surface area (Å²) in [6.07, 6.45) is 0. The van der Waals surface area contributed by atoms with Gasteiger partial charge in [-0.25, -0.2) is 0 Å². The van der Waals surface area contributed by atoms with Crippen LogP contribution in [0.15, 0.2) is 206 Å². The molecule has 0 unspecified atom stereocenters. The van der Waals surface area contributed by atoms with Crippen molar-refractivity contribution in [2.24, 2.45) is 0 Å². The molecule has 10 aromatic carbocycles. The fourth-order valence-electron chi connectivity index (χ4n) is 11.8. The van der Waals surface area contributed by atoms with Gasteiger partial charge in [-0.15, -0.1) is 0 Å². The molecular weight excluding hydrogens is 721 g/mol. The highest BCUT2D eigenvalue weighted by atomic mass is 14.5. The molecule has 0 saturated carbocycles. The van der Waals surface area contributed by atoms with E-state index >= 15 is 0 Å². The minimum Gasteiger partial charge on any atom is -0.0622 e. The van der Waals surface area contributed by atoms with Gasteiger partial charge in [0.25, 0.3) is 0 Å². The van der Waals surface area contributed by atoms with Crippen molar-refractivity contribution >= 4 is 21.5 Å². The SMILES string of the molecule is CC1(C)c2ccccc2-c2c(-c3c4ccccc4c(-c4ccc5c(c4)C4(c6ccccc6-c6ccccc64)c4ccccc4-5)c4ccc(-c5ccccc5)cc34)cccc21. The van der Waals surface area contributed by atoms with Crippen LogP contribution in [-0.4, -0.2) is 0 Å². The molecule has 0 N–H and O–H groups in total. The standard InChI is InChI=1S/C60H40/c1-59(2)50-26-12-11-24-47(50)58-48(25-16-30-54(58)59)57-45-23-7-6-22-44(45)56(46-34-31-38(35-49(46)57)37-17-4-3-5-18-37)39-32-33-43-42-21-10-15-29-53(42)60(55(43)36-39)51-27-13-8-19-40(51)41-20-9-14-28-52(41)60/h3-36H,1-2H3. The largest absolute Gasteiger partial charge is 0.0725 e. The average molecular weight is 761 g/mol. The maximum absolute atomic E-state index is 2.55. The number of rotatable bonds is 3. The molecule has 0 nitrogen and oxygen atoms in total. The number of benzene rings is 10. The van der Waals surface area contributed by atoms with Crippen molar-refractivity contribution in [3.05, 3.63) is 240 Å². The highest BCUT2D eigenvalue weighted by molar-refractivity contribution is 6.23. The Bertz CT molecular complexity index is 3390. The predicted octanol–water partition coefficient (Wildman–Crippen LogP) is 15.6. The molecule has 0 saturated heterocycles. The molecule has 0 atom stereocenters. The van der Waals surface area contributed by atoms with Crippen molar-refractivity contribution in [1.82, 2.24) is 0 Å². The van der Waals surface area contributed by atoms with Crippen molar-refractivity contribution in [3.63, 3.8) is 0 Å². The first-order valence-corrected chi connectivity index (χ1v) is 21.3. The van der Waals surface area contributed by atoms with Gasteiger partial charge < -0.3 is 0 Å². The van der Waals surface area contributed by atoms with Gasteiger partial charge in [-0.1, -0.05) is 208 Å². The molecule has 280 valence electrons. The van der Waals surface area contributed by atoms with Crippen LogP contribution in [0.4, 0.5) is 0 Å². The highest BCUT2D eigenvalue weighted by Gasteiger charge is 2.51. The molecule has 0 aromatic heterocycles. The zero-order valence-electron chi connectivity index (χ0n) is 33.6. The van der Waals surface area contributed by atoms with E-state index in [-0.39, 0.29) is 5.41 Å². The van der Waals surface area contributed by atoms with Crippen LogP contribution in [-0.2, 0) is 10.8 Å². The second-order valence-electron chi connectivity index (χ2n) is 17.5. The molecule has 0 fully saturated rings. The summed E-state index contributed by atoms with van der Waals surface area (Å²) < 4.78 is 0. The van der Waals surface area contributed by atoms with Gasteiger partial charge in [-0.05, 0) is 134 Å². The van der Waals surface area contributed by atoms with Crippen LogP contribution >= 0.6 is 0 Å². The number of fused-ring (bicyclic) bond motifs is 15. The fraction of sp³-hybridized carbons (Fsp3) is 0.0667. The molecular formula is C60H40. The number of hydrogen-bond acceptors (Lipinski definition) is 0. The fourth-order valence-corrected chi connectivity index (χ4v) is 11.8. The first-order chi connectivity index (χ1) is 29.5. The molecule has 0 aliphatic heterocycles. The lowest BCUT2D eigenvalue weighted by atomic mass is 9.70. The number of hydrogen-bond donors (Lipinski definition) is 0. The molecule has 0 heterocycles. The molecule has 0 amide bonds. The lowest BCUT2D eigenvalue weighted by Gasteiger charge is -2.31. The zero-order chi connectivity index (χ0) is 39.7. The highest BCUT2D eigenvalue weighted by Crippen LogP contribution is 2.63. The summed E-state index contributed by atoms with van der Waals surface area (Å²) in [5.41, 5.74) is 23.3. The Hall–Kier alpha value is -7.28. The summed E-state index contributed by atoms with van der Waals surface area (Å²) in [6.45, 7) is 4.77. The van der Waals surface area contributed by atoms with Gasteiger partial charge in [0.2, 0.25) is 0 Å². The van der Waals surface area contributed by atoms with E-state index in [0.29, 0.717) is 0 Å². The third-order valence-corrected chi connectivity index (χ3v) is 14.3. The average Bonchev–Trinajstić information content (AvgIpc) is 3.87. The smallest absolute Gasteiger partial charge is 0.0622 e. The molecule has 13 rings (SSSR count). The third kappa shape index (κ3) is 4.25. The van der Waals surface area contributed by atoms with Gasteiger partial charge in [0.05, 0.1) is 5.41 Å². The van der Waals surface area contributed by atoms with E-state index in [1.807, 2.05) is 0 Å². The summed E-state index contributed by atoms with van der Waals surface area (Å²) in [5.74, 6) is 0. The van der Waals surface area contributed by atoms with Gasteiger partial charge in [0.15, 0.2) is 0 Å². The molecule has 10 aromatic rings. The van der Waals surface area contributed by atoms with E-state index in [2.05, 4.69) is 220 Å². The summed E-state index contributed by atoms with van der Waals surface area (Å²) in [6, 6.07) is 78.0. The van der Waals surface area contributed by atoms with Crippen LogP contribution in [0.2, 0.25) is 0 Å². The van der Waals surface area contributed by atoms with Crippen LogP contribution in [0, 0.1) is 0 Å². The lowest BCUT2D eigenvalue weighted by molar-refractivity contribution is 0.660. The summed E-state index contributed by atoms with van der Waals surface area (Å²) in [5, 5.41) is 5.09. The normalized spacial score (nSPS) is 14.4. The summed E-state index contributed by atoms with van der Waals surface area (Å²) in [7, 11) is 0. The van der Waals surface area contributed by atoms with Gasteiger partial charge in [0.1, 0.15) is 0 Å². The van der Waals surface area contributed by atoms with Crippen LogP contribution in [0.25, 0.3) is 88.3 Å². The molecule has 3 aliphatic carbocycles. The Morgan fingerprint density at radius 1 is 0.250 bits per heavy atom. The van der Waals surface area contributed by atoms with Crippen molar-refractivity contribution < 1.29 is 0 Å². The molecule has 1 spiro atoms. The molecule has 60 heavy (non-hydrogen) atoms. The van der Waals surface area contributed by atoms with Crippen molar-refractivity contribution in [3.8, 4) is 66.8 Å². The van der Waals surface area contributed by atoms with Crippen LogP contribution in [0.1, 0.15) is 47.2 Å². The maximum Gasteiger partial charge on any atom is 0.0725 e. The molecule has 0 radical (unpaired) electrons. The van der Waals surface area contributed by atoms with Crippen LogP contribution < -0.4 is 0 Å². The van der Waals surface area contributed by atoms with Crippen molar-refractivity contribution in [1.29, 1.82) is 0 Å². The maximum atomic E-state index is 2.55. The van der Waals surface area contributed by atoms with Crippen molar-refractivity contribution in [2.45, 2.75) is 24.7 Å². The molecule has 3 aliphatic rings. The second kappa shape index (κ2) is 12.1. The van der Waals surface area contributed by atoms with E-state index < -0.39 is 5.41 Å². The van der Waals surface area contributed by atoms with E-state index in [9.17, 15) is 0 Å². The third-order valence-electron chi connectivity index (χ3n) is 14.3. The van der Waals surface area contributed by atoms with Gasteiger partial charge in [-0.2, -0.15) is 0 Å². The van der Waals surface area contributed by atoms with Gasteiger partial charge in [-0.3, -0.25) is 0 Å². The lowest BCUT2D eigenvalue weighted by Crippen LogP contribution is -2.25. The first-order valence-electron chi connectivity index (χ1n) is 21.3. The quantitative estimate of drug-likeness (QED) is 0.157. The minimum absolute atomic E-state index is 0.0991. The topological polar surface area (TPSA) is 0 Å². The van der Waals surface area contributed by atoms with Crippen molar-refractivity contribution in [2.75, 3.05) is 0 Å². The first kappa shape index (κ1) is 33.7. The Morgan fingerprint density at radius 2 is 0.733 bits per heavy atom. The molecule has 0 heteroatoms. The van der Waals surface area contributed by atoms with E-state index in [1.165, 1.54) is 122 Å². The minimum atomic E-state index is -0.411. The Labute approximate surface area is 351 Å². The second-order valence-corrected chi connectivity index (χ2v) is 17.5. The Balaban J connectivity index is 1.15. The molecule has 0 bridgehead atoms. The Kier molecular flexibility index (Phi) is 6.81. The monoisotopic (exact) mass is 760 g/mol. The summed E-state index contributed by atoms with van der Waals surface area (Å²) in [4.78, 5) is 0. The van der Waals surface area contributed by atoms with E-state index in [0.717, 1.165) is 0 Å². The summed E-state index contributed by atoms with van der Waals surface area (Å²) >= 11 is 0.